The van der Waals surface area contributed by atoms with Crippen LogP contribution in [0.1, 0.15) is 16.1 Å². The third-order valence-electron chi connectivity index (χ3n) is 2.38. The molecular formula is C11H12N4O2S. The smallest absolute Gasteiger partial charge is 0.304 e. The van der Waals surface area contributed by atoms with Gasteiger partial charge in [0.25, 0.3) is 0 Å². The van der Waals surface area contributed by atoms with Crippen LogP contribution < -0.4 is 21.7 Å². The monoisotopic (exact) mass is 264 g/mol. The first-order valence-electron chi connectivity index (χ1n) is 5.16. The average Bonchev–Trinajstić information content (AvgIpc) is 2.74. The standard InChI is InChI=1S/C11H12N4O2S/c12-8-2-1-6(10(13)16)3-9(8)14-4-7-5-18-11(17)15-7/h1-3,5,14H,4,12H2,(H2,13,16)(H,15,17). The number of aromatic amines is 1. The summed E-state index contributed by atoms with van der Waals surface area (Å²) in [4.78, 5) is 24.6. The topological polar surface area (TPSA) is 114 Å². The summed E-state index contributed by atoms with van der Waals surface area (Å²) in [6, 6.07) is 4.76. The van der Waals surface area contributed by atoms with Crippen molar-refractivity contribution in [3.8, 4) is 0 Å². The predicted molar refractivity (Wildman–Crippen MR) is 71.6 cm³/mol. The number of primary amides is 1. The van der Waals surface area contributed by atoms with Crippen molar-refractivity contribution >= 4 is 28.6 Å². The van der Waals surface area contributed by atoms with Crippen LogP contribution in [0, 0.1) is 0 Å². The zero-order valence-electron chi connectivity index (χ0n) is 9.40. The Labute approximate surface area is 107 Å². The van der Waals surface area contributed by atoms with Gasteiger partial charge in [-0.1, -0.05) is 11.3 Å². The second-order valence-corrected chi connectivity index (χ2v) is 4.54. The molecule has 0 saturated carbocycles. The summed E-state index contributed by atoms with van der Waals surface area (Å²) in [6.45, 7) is 0.422. The summed E-state index contributed by atoms with van der Waals surface area (Å²) in [7, 11) is 0. The lowest BCUT2D eigenvalue weighted by Gasteiger charge is -2.09. The normalized spacial score (nSPS) is 10.2. The van der Waals surface area contributed by atoms with Gasteiger partial charge in [-0.05, 0) is 18.2 Å². The van der Waals surface area contributed by atoms with Crippen molar-refractivity contribution in [3.63, 3.8) is 0 Å². The van der Waals surface area contributed by atoms with Crippen LogP contribution in [0.5, 0.6) is 0 Å². The largest absolute Gasteiger partial charge is 0.397 e. The number of nitrogens with two attached hydrogens (primary N) is 2. The van der Waals surface area contributed by atoms with Gasteiger partial charge in [0.15, 0.2) is 0 Å². The number of thiazole rings is 1. The molecule has 0 bridgehead atoms. The first kappa shape index (κ1) is 12.2. The summed E-state index contributed by atoms with van der Waals surface area (Å²) in [5.41, 5.74) is 13.2. The van der Waals surface area contributed by atoms with E-state index in [0.717, 1.165) is 17.0 Å². The third-order valence-corrected chi connectivity index (χ3v) is 3.10. The molecule has 0 atom stereocenters. The van der Waals surface area contributed by atoms with Gasteiger partial charge in [0.1, 0.15) is 0 Å². The molecule has 6 nitrogen and oxygen atoms in total. The van der Waals surface area contributed by atoms with Crippen molar-refractivity contribution < 1.29 is 4.79 Å². The Bertz CT molecular complexity index is 632. The van der Waals surface area contributed by atoms with Crippen LogP contribution in [0.2, 0.25) is 0 Å². The van der Waals surface area contributed by atoms with E-state index in [1.54, 1.807) is 23.6 Å². The summed E-state index contributed by atoms with van der Waals surface area (Å²) >= 11 is 1.10. The molecule has 1 aromatic carbocycles. The quantitative estimate of drug-likeness (QED) is 0.609. The maximum Gasteiger partial charge on any atom is 0.304 e. The highest BCUT2D eigenvalue weighted by atomic mass is 32.1. The second-order valence-electron chi connectivity index (χ2n) is 3.69. The second kappa shape index (κ2) is 4.92. The fourth-order valence-electron chi connectivity index (χ4n) is 1.45. The number of carbonyl (C=O) groups is 1. The Morgan fingerprint density at radius 1 is 1.44 bits per heavy atom. The van der Waals surface area contributed by atoms with Crippen LogP contribution >= 0.6 is 11.3 Å². The molecule has 0 aliphatic carbocycles. The van der Waals surface area contributed by atoms with Gasteiger partial charge in [-0.25, -0.2) is 0 Å². The third kappa shape index (κ3) is 2.69. The van der Waals surface area contributed by atoms with Crippen LogP contribution in [-0.4, -0.2) is 10.9 Å². The lowest BCUT2D eigenvalue weighted by Crippen LogP contribution is -2.12. The Morgan fingerprint density at radius 2 is 2.22 bits per heavy atom. The number of aromatic nitrogens is 1. The van der Waals surface area contributed by atoms with Crippen molar-refractivity contribution in [2.75, 3.05) is 11.1 Å². The number of nitrogens with one attached hydrogen (secondary N) is 2. The van der Waals surface area contributed by atoms with Crippen molar-refractivity contribution in [1.82, 2.24) is 4.98 Å². The summed E-state index contributed by atoms with van der Waals surface area (Å²) in [5, 5.41) is 4.77. The lowest BCUT2D eigenvalue weighted by molar-refractivity contribution is 0.100. The van der Waals surface area contributed by atoms with Crippen LogP contribution in [0.4, 0.5) is 11.4 Å². The fraction of sp³-hybridized carbons (Fsp3) is 0.0909. The highest BCUT2D eigenvalue weighted by Gasteiger charge is 2.05. The molecule has 0 unspecified atom stereocenters. The molecule has 0 aliphatic heterocycles. The summed E-state index contributed by atoms with van der Waals surface area (Å²) in [5.74, 6) is -0.512. The first-order valence-corrected chi connectivity index (χ1v) is 6.04. The predicted octanol–water partition coefficient (Wildman–Crippen LogP) is 0.730. The number of carbonyl (C=O) groups excluding carboxylic acids is 1. The van der Waals surface area contributed by atoms with Crippen LogP contribution in [0.15, 0.2) is 28.4 Å². The summed E-state index contributed by atoms with van der Waals surface area (Å²) in [6.07, 6.45) is 0. The summed E-state index contributed by atoms with van der Waals surface area (Å²) < 4.78 is 0. The Balaban J connectivity index is 2.15. The van der Waals surface area contributed by atoms with Crippen LogP contribution in [-0.2, 0) is 6.54 Å². The van der Waals surface area contributed by atoms with E-state index in [1.165, 1.54) is 0 Å². The van der Waals surface area contributed by atoms with E-state index >= 15 is 0 Å². The molecule has 0 fully saturated rings. The molecule has 1 amide bonds. The SMILES string of the molecule is NC(=O)c1ccc(N)c(NCc2csc(=O)[nH]2)c1. The van der Waals surface area contributed by atoms with Gasteiger partial charge in [0.05, 0.1) is 17.9 Å². The lowest BCUT2D eigenvalue weighted by atomic mass is 10.1. The molecule has 1 aromatic heterocycles. The average molecular weight is 264 g/mol. The molecule has 0 saturated heterocycles. The minimum Gasteiger partial charge on any atom is -0.397 e. The van der Waals surface area contributed by atoms with Gasteiger partial charge in [-0.3, -0.25) is 9.59 Å². The molecule has 0 radical (unpaired) electrons. The number of amides is 1. The Kier molecular flexibility index (Phi) is 3.33. The number of anilines is 2. The highest BCUT2D eigenvalue weighted by molar-refractivity contribution is 7.07. The highest BCUT2D eigenvalue weighted by Crippen LogP contribution is 2.20. The van der Waals surface area contributed by atoms with Crippen molar-refractivity contribution in [1.29, 1.82) is 0 Å². The van der Waals surface area contributed by atoms with E-state index in [4.69, 9.17) is 11.5 Å². The molecule has 0 spiro atoms. The Morgan fingerprint density at radius 3 is 2.83 bits per heavy atom. The molecule has 2 aromatic rings. The van der Waals surface area contributed by atoms with E-state index in [-0.39, 0.29) is 4.87 Å². The molecule has 94 valence electrons. The molecular weight excluding hydrogens is 252 g/mol. The van der Waals surface area contributed by atoms with Crippen LogP contribution in [0.25, 0.3) is 0 Å². The maximum absolute atomic E-state index is 11.0. The number of rotatable bonds is 4. The number of nitrogen functional groups attached to an aromatic ring is 1. The van der Waals surface area contributed by atoms with E-state index in [2.05, 4.69) is 10.3 Å². The minimum absolute atomic E-state index is 0.106. The van der Waals surface area contributed by atoms with Gasteiger partial charge in [-0.2, -0.15) is 0 Å². The number of benzene rings is 1. The van der Waals surface area contributed by atoms with E-state index in [1.807, 2.05) is 0 Å². The van der Waals surface area contributed by atoms with Crippen LogP contribution in [0.3, 0.4) is 0 Å². The zero-order valence-corrected chi connectivity index (χ0v) is 10.2. The van der Waals surface area contributed by atoms with Crippen molar-refractivity contribution in [3.05, 3.63) is 44.5 Å². The van der Waals surface area contributed by atoms with E-state index in [0.29, 0.717) is 23.5 Å². The molecule has 2 rings (SSSR count). The number of hydrogen-bond donors (Lipinski definition) is 4. The number of hydrogen-bond acceptors (Lipinski definition) is 5. The van der Waals surface area contributed by atoms with Crippen molar-refractivity contribution in [2.45, 2.75) is 6.54 Å². The van der Waals surface area contributed by atoms with Gasteiger partial charge >= 0.3 is 4.87 Å². The van der Waals surface area contributed by atoms with Gasteiger partial charge < -0.3 is 21.8 Å². The zero-order chi connectivity index (χ0) is 13.1. The fourth-order valence-corrected chi connectivity index (χ4v) is 2.04. The van der Waals surface area contributed by atoms with Crippen molar-refractivity contribution in [2.24, 2.45) is 5.73 Å². The van der Waals surface area contributed by atoms with Gasteiger partial charge in [-0.15, -0.1) is 0 Å². The number of H-pyrrole nitrogens is 1. The maximum atomic E-state index is 11.0. The first-order chi connectivity index (χ1) is 8.56. The molecule has 7 heteroatoms. The molecule has 0 aliphatic rings. The molecule has 1 heterocycles. The van der Waals surface area contributed by atoms with E-state index < -0.39 is 5.91 Å². The molecule has 6 N–H and O–H groups in total. The Hall–Kier alpha value is -2.28. The van der Waals surface area contributed by atoms with Gasteiger partial charge in [0, 0.05) is 16.6 Å². The minimum atomic E-state index is -0.512. The molecule has 18 heavy (non-hydrogen) atoms. The van der Waals surface area contributed by atoms with Gasteiger partial charge in [0.2, 0.25) is 5.91 Å². The van der Waals surface area contributed by atoms with E-state index in [9.17, 15) is 9.59 Å².